The Labute approximate surface area is 214 Å². The zero-order chi connectivity index (χ0) is 25.9. The summed E-state index contributed by atoms with van der Waals surface area (Å²) < 4.78 is 29.6. The summed E-state index contributed by atoms with van der Waals surface area (Å²) in [5.41, 5.74) is 0.690. The molecule has 0 aromatic heterocycles. The van der Waals surface area contributed by atoms with Gasteiger partial charge in [-0.1, -0.05) is 11.6 Å². The number of hydrogen-bond donors (Lipinski definition) is 0. The number of methoxy groups -OCH3 is 1. The first kappa shape index (κ1) is 27.1. The van der Waals surface area contributed by atoms with Crippen LogP contribution in [0.15, 0.2) is 17.4 Å². The third-order valence-electron chi connectivity index (χ3n) is 8.21. The second kappa shape index (κ2) is 11.2. The Hall–Kier alpha value is -1.90. The quantitative estimate of drug-likeness (QED) is 0.193. The molecule has 9 nitrogen and oxygen atoms in total. The Balaban J connectivity index is 1.32. The van der Waals surface area contributed by atoms with E-state index in [-0.39, 0.29) is 41.5 Å². The summed E-state index contributed by atoms with van der Waals surface area (Å²) in [7, 11) is 1.69. The summed E-state index contributed by atoms with van der Waals surface area (Å²) in [4.78, 5) is 28.1. The first-order chi connectivity index (χ1) is 17.3. The fourth-order valence-corrected chi connectivity index (χ4v) is 6.01. The molecule has 0 unspecified atom stereocenters. The van der Waals surface area contributed by atoms with Crippen LogP contribution in [0.2, 0.25) is 0 Å². The summed E-state index contributed by atoms with van der Waals surface area (Å²) in [6, 6.07) is 0. The fourth-order valence-electron chi connectivity index (χ4n) is 6.01. The molecular weight excluding hydrogens is 464 g/mol. The molecule has 0 radical (unpaired) electrons. The van der Waals surface area contributed by atoms with Gasteiger partial charge in [0.05, 0.1) is 25.2 Å². The lowest BCUT2D eigenvalue weighted by Gasteiger charge is -2.43. The highest BCUT2D eigenvalue weighted by molar-refractivity contribution is 5.68. The third-order valence-corrected chi connectivity index (χ3v) is 8.21. The predicted octanol–water partition coefficient (Wildman–Crippen LogP) is 2.96. The number of carbonyl (C=O) groups excluding carboxylic acids is 2. The molecule has 4 aliphatic rings. The van der Waals surface area contributed by atoms with Gasteiger partial charge in [0.15, 0.2) is 11.7 Å². The molecule has 1 aliphatic carbocycles. The van der Waals surface area contributed by atoms with E-state index < -0.39 is 0 Å². The first-order valence-corrected chi connectivity index (χ1v) is 13.3. The third kappa shape index (κ3) is 5.81. The van der Waals surface area contributed by atoms with Crippen molar-refractivity contribution in [2.24, 2.45) is 5.92 Å². The van der Waals surface area contributed by atoms with Crippen molar-refractivity contribution in [2.45, 2.75) is 82.9 Å². The van der Waals surface area contributed by atoms with Crippen molar-refractivity contribution in [3.8, 4) is 0 Å². The van der Waals surface area contributed by atoms with Crippen LogP contribution < -0.4 is 0 Å². The smallest absolute Gasteiger partial charge is 0.410 e. The number of hydrogen-bond acceptors (Lipinski definition) is 8. The summed E-state index contributed by atoms with van der Waals surface area (Å²) >= 11 is 0. The lowest BCUT2D eigenvalue weighted by molar-refractivity contribution is -0.122. The number of piperazine rings is 1. The summed E-state index contributed by atoms with van der Waals surface area (Å²) in [6.07, 6.45) is 4.38. The maximum Gasteiger partial charge on any atom is 0.410 e. The van der Waals surface area contributed by atoms with Gasteiger partial charge >= 0.3 is 6.09 Å². The maximum absolute atomic E-state index is 13.1. The Morgan fingerprint density at radius 1 is 1.22 bits per heavy atom. The van der Waals surface area contributed by atoms with Gasteiger partial charge in [0.25, 0.3) is 0 Å². The lowest BCUT2D eigenvalue weighted by atomic mass is 9.68. The molecule has 0 aromatic rings. The standard InChI is InChI=1S/C27H42N2O7/c1-6-33-20(17-30)10-12-28-13-15-29(16-14-28)25(31)35-21-9-11-27(18-34-27)24(23(21)32-5)26(4)22(36-26)8-7-19(2)3/h7,21-24H,6,8-16,18H2,1-5H3/t21-,22-,23-,24-,26+,27+/m1/s1. The highest BCUT2D eigenvalue weighted by atomic mass is 16.6. The van der Waals surface area contributed by atoms with E-state index in [4.69, 9.17) is 23.7 Å². The highest BCUT2D eigenvalue weighted by Gasteiger charge is 2.72. The Morgan fingerprint density at radius 3 is 2.53 bits per heavy atom. The SMILES string of the molecule is CCOC(=C=O)CCN1CCN(C(=O)O[C@@H]2CC[C@]3(CO3)[C@@H]([C@@]3(C)O[C@@H]3CC=C(C)C)[C@@H]2OC)CC1. The maximum atomic E-state index is 13.1. The second-order valence-corrected chi connectivity index (χ2v) is 10.8. The second-order valence-electron chi connectivity index (χ2n) is 10.8. The number of epoxide rings is 2. The van der Waals surface area contributed by atoms with E-state index in [9.17, 15) is 9.59 Å². The lowest BCUT2D eigenvalue weighted by Crippen LogP contribution is -2.57. The molecule has 36 heavy (non-hydrogen) atoms. The Bertz CT molecular complexity index is 869. The van der Waals surface area contributed by atoms with Gasteiger partial charge in [-0.25, -0.2) is 9.59 Å². The topological polar surface area (TPSA) is 93.4 Å². The van der Waals surface area contributed by atoms with Crippen LogP contribution in [0.3, 0.4) is 0 Å². The van der Waals surface area contributed by atoms with E-state index in [1.54, 1.807) is 12.0 Å². The molecule has 6 atom stereocenters. The van der Waals surface area contributed by atoms with Crippen molar-refractivity contribution in [1.82, 2.24) is 9.80 Å². The van der Waals surface area contributed by atoms with Crippen LogP contribution in [0, 0.1) is 5.92 Å². The summed E-state index contributed by atoms with van der Waals surface area (Å²) in [6.45, 7) is 12.7. The predicted molar refractivity (Wildman–Crippen MR) is 133 cm³/mol. The summed E-state index contributed by atoms with van der Waals surface area (Å²) in [5.74, 6) is 2.23. The molecule has 202 valence electrons. The molecule has 0 aromatic carbocycles. The van der Waals surface area contributed by atoms with Crippen LogP contribution in [0.5, 0.6) is 0 Å². The first-order valence-electron chi connectivity index (χ1n) is 13.3. The van der Waals surface area contributed by atoms with Gasteiger partial charge in [0.2, 0.25) is 0 Å². The van der Waals surface area contributed by atoms with Gasteiger partial charge in [-0.05, 0) is 47.0 Å². The van der Waals surface area contributed by atoms with E-state index in [0.29, 0.717) is 51.4 Å². The fraction of sp³-hybridized carbons (Fsp3) is 0.815. The van der Waals surface area contributed by atoms with Crippen molar-refractivity contribution >= 4 is 12.0 Å². The van der Waals surface area contributed by atoms with E-state index in [0.717, 1.165) is 25.9 Å². The monoisotopic (exact) mass is 506 g/mol. The highest BCUT2D eigenvalue weighted by Crippen LogP contribution is 2.59. The Kier molecular flexibility index (Phi) is 8.47. The number of amides is 1. The van der Waals surface area contributed by atoms with Gasteiger partial charge < -0.3 is 28.6 Å². The van der Waals surface area contributed by atoms with Crippen LogP contribution in [0.25, 0.3) is 0 Å². The number of carbonyl (C=O) groups is 1. The van der Waals surface area contributed by atoms with Crippen molar-refractivity contribution in [3.63, 3.8) is 0 Å². The van der Waals surface area contributed by atoms with Crippen molar-refractivity contribution in [3.05, 3.63) is 17.4 Å². The van der Waals surface area contributed by atoms with Crippen molar-refractivity contribution in [2.75, 3.05) is 53.0 Å². The van der Waals surface area contributed by atoms with Crippen LogP contribution in [-0.2, 0) is 28.5 Å². The molecule has 1 saturated carbocycles. The number of nitrogens with zero attached hydrogens (tertiary/aromatic N) is 2. The van der Waals surface area contributed by atoms with E-state index in [1.165, 1.54) is 5.57 Å². The van der Waals surface area contributed by atoms with Gasteiger partial charge in [0, 0.05) is 46.3 Å². The minimum absolute atomic E-state index is 0.0133. The zero-order valence-electron chi connectivity index (χ0n) is 22.4. The van der Waals surface area contributed by atoms with Crippen molar-refractivity contribution < 1.29 is 33.3 Å². The molecule has 3 saturated heterocycles. The van der Waals surface area contributed by atoms with Gasteiger partial charge in [-0.2, -0.15) is 0 Å². The van der Waals surface area contributed by atoms with E-state index in [1.807, 2.05) is 12.9 Å². The van der Waals surface area contributed by atoms with Gasteiger partial charge in [-0.15, -0.1) is 0 Å². The largest absolute Gasteiger partial charge is 0.487 e. The average Bonchev–Trinajstić information content (AvgIpc) is 3.78. The molecule has 1 amide bonds. The average molecular weight is 507 g/mol. The Morgan fingerprint density at radius 2 is 1.94 bits per heavy atom. The van der Waals surface area contributed by atoms with Crippen LogP contribution in [0.1, 0.15) is 53.4 Å². The number of rotatable bonds is 10. The molecular formula is C27H42N2O7. The number of allylic oxidation sites excluding steroid dienone is 1. The van der Waals surface area contributed by atoms with Crippen LogP contribution in [0.4, 0.5) is 4.79 Å². The van der Waals surface area contributed by atoms with Gasteiger partial charge in [-0.3, -0.25) is 4.90 Å². The van der Waals surface area contributed by atoms with E-state index in [2.05, 4.69) is 31.7 Å². The molecule has 1 spiro atoms. The van der Waals surface area contributed by atoms with E-state index >= 15 is 0 Å². The molecule has 4 rings (SSSR count). The molecule has 0 N–H and O–H groups in total. The molecule has 4 fully saturated rings. The molecule has 0 bridgehead atoms. The minimum atomic E-state index is -0.351. The zero-order valence-corrected chi connectivity index (χ0v) is 22.4. The minimum Gasteiger partial charge on any atom is -0.487 e. The van der Waals surface area contributed by atoms with Gasteiger partial charge in [0.1, 0.15) is 23.4 Å². The summed E-state index contributed by atoms with van der Waals surface area (Å²) in [5, 5.41) is 0. The number of ether oxygens (including phenoxy) is 5. The molecule has 9 heteroatoms. The van der Waals surface area contributed by atoms with Crippen LogP contribution in [-0.4, -0.2) is 104 Å². The normalized spacial score (nSPS) is 35.6. The van der Waals surface area contributed by atoms with Crippen LogP contribution >= 0.6 is 0 Å². The van der Waals surface area contributed by atoms with Crippen molar-refractivity contribution in [1.29, 1.82) is 0 Å². The molecule has 3 heterocycles. The molecule has 3 aliphatic heterocycles.